The Hall–Kier alpha value is -1.08. The third-order valence-corrected chi connectivity index (χ3v) is 4.48. The van der Waals surface area contributed by atoms with Crippen molar-refractivity contribution in [1.29, 1.82) is 0 Å². The maximum Gasteiger partial charge on any atom is 0.0178 e. The number of halogens is 1. The summed E-state index contributed by atoms with van der Waals surface area (Å²) in [6.07, 6.45) is 0. The minimum absolute atomic E-state index is 0.216. The van der Waals surface area contributed by atoms with Crippen molar-refractivity contribution in [3.05, 3.63) is 69.2 Å². The average Bonchev–Trinajstić information content (AvgIpc) is 2.40. The summed E-state index contributed by atoms with van der Waals surface area (Å²) >= 11 is 3.57. The SMILES string of the molecule is Cc1ccc(Br)cc1C(C)c1ccc(C(C)(C)C)cc1. The molecule has 2 rings (SSSR count). The molecule has 0 fully saturated rings. The fourth-order valence-electron chi connectivity index (χ4n) is 2.53. The highest BCUT2D eigenvalue weighted by molar-refractivity contribution is 9.10. The summed E-state index contributed by atoms with van der Waals surface area (Å²) in [4.78, 5) is 0. The van der Waals surface area contributed by atoms with Crippen LogP contribution >= 0.6 is 15.9 Å². The fraction of sp³-hybridized carbons (Fsp3) is 0.368. The van der Waals surface area contributed by atoms with E-state index in [4.69, 9.17) is 0 Å². The number of hydrogen-bond acceptors (Lipinski definition) is 0. The maximum atomic E-state index is 3.57. The Morgan fingerprint density at radius 2 is 1.55 bits per heavy atom. The molecule has 1 heteroatoms. The molecule has 1 atom stereocenters. The minimum atomic E-state index is 0.216. The zero-order valence-electron chi connectivity index (χ0n) is 13.0. The lowest BCUT2D eigenvalue weighted by molar-refractivity contribution is 0.590. The van der Waals surface area contributed by atoms with Gasteiger partial charge >= 0.3 is 0 Å². The molecule has 0 aliphatic rings. The Kier molecular flexibility index (Phi) is 4.39. The van der Waals surface area contributed by atoms with Gasteiger partial charge in [-0.1, -0.05) is 74.0 Å². The van der Waals surface area contributed by atoms with Crippen LogP contribution in [0.15, 0.2) is 46.9 Å². The van der Waals surface area contributed by atoms with Gasteiger partial charge in [-0.05, 0) is 46.7 Å². The van der Waals surface area contributed by atoms with E-state index in [1.807, 2.05) is 0 Å². The molecule has 0 nitrogen and oxygen atoms in total. The van der Waals surface area contributed by atoms with Crippen LogP contribution < -0.4 is 0 Å². The number of benzene rings is 2. The van der Waals surface area contributed by atoms with E-state index in [1.165, 1.54) is 22.3 Å². The molecule has 0 saturated heterocycles. The van der Waals surface area contributed by atoms with Crippen LogP contribution in [0.3, 0.4) is 0 Å². The highest BCUT2D eigenvalue weighted by Crippen LogP contribution is 2.30. The zero-order valence-corrected chi connectivity index (χ0v) is 14.6. The highest BCUT2D eigenvalue weighted by atomic mass is 79.9. The molecule has 106 valence electrons. The van der Waals surface area contributed by atoms with E-state index in [-0.39, 0.29) is 5.41 Å². The summed E-state index contributed by atoms with van der Waals surface area (Å²) in [6.45, 7) is 11.2. The molecule has 2 aromatic rings. The van der Waals surface area contributed by atoms with E-state index in [2.05, 4.69) is 93.0 Å². The van der Waals surface area contributed by atoms with E-state index in [0.717, 1.165) is 4.47 Å². The second-order valence-electron chi connectivity index (χ2n) is 6.59. The van der Waals surface area contributed by atoms with Crippen LogP contribution in [-0.4, -0.2) is 0 Å². The van der Waals surface area contributed by atoms with E-state index in [9.17, 15) is 0 Å². The second-order valence-corrected chi connectivity index (χ2v) is 7.51. The smallest absolute Gasteiger partial charge is 0.0178 e. The normalized spacial score (nSPS) is 13.3. The first-order valence-electron chi connectivity index (χ1n) is 7.15. The van der Waals surface area contributed by atoms with Gasteiger partial charge in [0.15, 0.2) is 0 Å². The predicted octanol–water partition coefficient (Wildman–Crippen LogP) is 6.21. The molecule has 0 saturated carbocycles. The molecular weight excluding hydrogens is 308 g/mol. The van der Waals surface area contributed by atoms with Gasteiger partial charge in [0, 0.05) is 10.4 Å². The predicted molar refractivity (Wildman–Crippen MR) is 91.5 cm³/mol. The van der Waals surface area contributed by atoms with Crippen LogP contribution in [0.5, 0.6) is 0 Å². The van der Waals surface area contributed by atoms with Crippen LogP contribution in [0.1, 0.15) is 55.9 Å². The first-order valence-corrected chi connectivity index (χ1v) is 7.95. The van der Waals surface area contributed by atoms with Crippen LogP contribution in [0.2, 0.25) is 0 Å². The molecule has 0 heterocycles. The lowest BCUT2D eigenvalue weighted by Gasteiger charge is -2.21. The Labute approximate surface area is 131 Å². The van der Waals surface area contributed by atoms with Crippen molar-refractivity contribution in [3.63, 3.8) is 0 Å². The lowest BCUT2D eigenvalue weighted by atomic mass is 9.84. The van der Waals surface area contributed by atoms with Crippen molar-refractivity contribution in [2.75, 3.05) is 0 Å². The quantitative estimate of drug-likeness (QED) is 0.614. The van der Waals surface area contributed by atoms with E-state index in [1.54, 1.807) is 0 Å². The summed E-state index contributed by atoms with van der Waals surface area (Å²) in [6, 6.07) is 15.6. The number of aryl methyl sites for hydroxylation is 1. The highest BCUT2D eigenvalue weighted by Gasteiger charge is 2.15. The molecule has 0 aromatic heterocycles. The van der Waals surface area contributed by atoms with Crippen LogP contribution in [-0.2, 0) is 5.41 Å². The van der Waals surface area contributed by atoms with Gasteiger partial charge in [0.1, 0.15) is 0 Å². The molecule has 2 aromatic carbocycles. The second kappa shape index (κ2) is 5.73. The summed E-state index contributed by atoms with van der Waals surface area (Å²) in [5, 5.41) is 0. The molecule has 20 heavy (non-hydrogen) atoms. The van der Waals surface area contributed by atoms with Crippen molar-refractivity contribution >= 4 is 15.9 Å². The van der Waals surface area contributed by atoms with Gasteiger partial charge in [-0.15, -0.1) is 0 Å². The third-order valence-electron chi connectivity index (χ3n) is 3.98. The van der Waals surface area contributed by atoms with Crippen LogP contribution in [0, 0.1) is 6.92 Å². The molecule has 0 N–H and O–H groups in total. The zero-order chi connectivity index (χ0) is 14.9. The van der Waals surface area contributed by atoms with Crippen molar-refractivity contribution in [3.8, 4) is 0 Å². The van der Waals surface area contributed by atoms with Crippen molar-refractivity contribution in [1.82, 2.24) is 0 Å². The van der Waals surface area contributed by atoms with Gasteiger partial charge < -0.3 is 0 Å². The number of rotatable bonds is 2. The van der Waals surface area contributed by atoms with Crippen molar-refractivity contribution in [2.45, 2.75) is 46.0 Å². The molecule has 0 amide bonds. The Morgan fingerprint density at radius 1 is 0.950 bits per heavy atom. The van der Waals surface area contributed by atoms with E-state index >= 15 is 0 Å². The molecule has 0 spiro atoms. The summed E-state index contributed by atoms with van der Waals surface area (Å²) in [7, 11) is 0. The monoisotopic (exact) mass is 330 g/mol. The topological polar surface area (TPSA) is 0 Å². The summed E-state index contributed by atoms with van der Waals surface area (Å²) in [5.74, 6) is 0.418. The van der Waals surface area contributed by atoms with Gasteiger partial charge in [-0.2, -0.15) is 0 Å². The van der Waals surface area contributed by atoms with Gasteiger partial charge in [-0.25, -0.2) is 0 Å². The van der Waals surface area contributed by atoms with Gasteiger partial charge in [0.05, 0.1) is 0 Å². The van der Waals surface area contributed by atoms with Crippen LogP contribution in [0.25, 0.3) is 0 Å². The molecule has 0 radical (unpaired) electrons. The molecular formula is C19H23Br. The van der Waals surface area contributed by atoms with Gasteiger partial charge in [-0.3, -0.25) is 0 Å². The Bertz CT molecular complexity index is 588. The van der Waals surface area contributed by atoms with E-state index in [0.29, 0.717) is 5.92 Å². The fourth-order valence-corrected chi connectivity index (χ4v) is 2.91. The Morgan fingerprint density at radius 3 is 2.10 bits per heavy atom. The molecule has 1 unspecified atom stereocenters. The standard InChI is InChI=1S/C19H23Br/c1-13-6-11-17(20)12-18(13)14(2)15-7-9-16(10-8-15)19(3,4)5/h6-12,14H,1-5H3. The molecule has 0 aliphatic carbocycles. The first-order chi connectivity index (χ1) is 9.29. The van der Waals surface area contributed by atoms with Crippen LogP contribution in [0.4, 0.5) is 0 Å². The Balaban J connectivity index is 2.34. The van der Waals surface area contributed by atoms with E-state index < -0.39 is 0 Å². The van der Waals surface area contributed by atoms with Gasteiger partial charge in [0.2, 0.25) is 0 Å². The first kappa shape index (κ1) is 15.3. The summed E-state index contributed by atoms with van der Waals surface area (Å²) < 4.78 is 1.15. The third kappa shape index (κ3) is 3.32. The lowest BCUT2D eigenvalue weighted by Crippen LogP contribution is -2.11. The van der Waals surface area contributed by atoms with Crippen molar-refractivity contribution < 1.29 is 0 Å². The minimum Gasteiger partial charge on any atom is -0.0582 e. The van der Waals surface area contributed by atoms with Crippen molar-refractivity contribution in [2.24, 2.45) is 0 Å². The maximum absolute atomic E-state index is 3.57. The molecule has 0 bridgehead atoms. The van der Waals surface area contributed by atoms with Gasteiger partial charge in [0.25, 0.3) is 0 Å². The molecule has 0 aliphatic heterocycles. The summed E-state index contributed by atoms with van der Waals surface area (Å²) in [5.41, 5.74) is 5.72. The number of hydrogen-bond donors (Lipinski definition) is 0. The largest absolute Gasteiger partial charge is 0.0582 e. The average molecular weight is 331 g/mol.